The van der Waals surface area contributed by atoms with Crippen LogP contribution in [0.4, 0.5) is 4.79 Å². The molecule has 3 amide bonds. The fraction of sp³-hybridized carbons (Fsp3) is 0.467. The lowest BCUT2D eigenvalue weighted by Gasteiger charge is -2.19. The van der Waals surface area contributed by atoms with Crippen LogP contribution in [-0.4, -0.2) is 24.6 Å². The van der Waals surface area contributed by atoms with Gasteiger partial charge in [0.1, 0.15) is 5.75 Å². The Labute approximate surface area is 125 Å². The van der Waals surface area contributed by atoms with Gasteiger partial charge in [-0.15, -0.1) is 0 Å². The molecule has 0 spiro atoms. The van der Waals surface area contributed by atoms with Crippen LogP contribution in [0.25, 0.3) is 0 Å². The van der Waals surface area contributed by atoms with Gasteiger partial charge < -0.3 is 15.8 Å². The molecule has 2 unspecified atom stereocenters. The van der Waals surface area contributed by atoms with Crippen molar-refractivity contribution < 1.29 is 14.3 Å². The highest BCUT2D eigenvalue weighted by molar-refractivity contribution is 5.96. The molecule has 0 aliphatic carbocycles. The van der Waals surface area contributed by atoms with Crippen LogP contribution in [0.3, 0.4) is 0 Å². The third-order valence-corrected chi connectivity index (χ3v) is 2.90. The van der Waals surface area contributed by atoms with E-state index in [1.807, 2.05) is 26.0 Å². The molecule has 1 rings (SSSR count). The summed E-state index contributed by atoms with van der Waals surface area (Å²) < 4.78 is 5.63. The number of nitrogens with two attached hydrogens (primary N) is 1. The minimum absolute atomic E-state index is 0.210. The van der Waals surface area contributed by atoms with Crippen molar-refractivity contribution >= 4 is 11.9 Å². The lowest BCUT2D eigenvalue weighted by atomic mass is 10.1. The fourth-order valence-corrected chi connectivity index (χ4v) is 1.79. The van der Waals surface area contributed by atoms with E-state index >= 15 is 0 Å². The minimum Gasteiger partial charge on any atom is -0.481 e. The van der Waals surface area contributed by atoms with Crippen molar-refractivity contribution in [3.8, 4) is 5.75 Å². The molecule has 0 heterocycles. The molecule has 1 aromatic rings. The van der Waals surface area contributed by atoms with Crippen molar-refractivity contribution in [2.75, 3.05) is 6.54 Å². The number of urea groups is 1. The SMILES string of the molecule is CCNC(=O)NC(=O)C(C)Oc1ccc(C)cc1C(C)N. The monoisotopic (exact) mass is 293 g/mol. The number of aryl methyl sites for hydroxylation is 1. The first kappa shape index (κ1) is 17.0. The number of rotatable bonds is 5. The summed E-state index contributed by atoms with van der Waals surface area (Å²) in [7, 11) is 0. The number of carbonyl (C=O) groups excluding carboxylic acids is 2. The molecule has 116 valence electrons. The van der Waals surface area contributed by atoms with Gasteiger partial charge in [-0.05, 0) is 33.8 Å². The number of nitrogens with one attached hydrogen (secondary N) is 2. The zero-order chi connectivity index (χ0) is 16.0. The predicted octanol–water partition coefficient (Wildman–Crippen LogP) is 1.63. The van der Waals surface area contributed by atoms with Gasteiger partial charge in [0.2, 0.25) is 0 Å². The summed E-state index contributed by atoms with van der Waals surface area (Å²) in [5.74, 6) is 0.0475. The minimum atomic E-state index is -0.798. The summed E-state index contributed by atoms with van der Waals surface area (Å²) >= 11 is 0. The lowest BCUT2D eigenvalue weighted by molar-refractivity contribution is -0.126. The Balaban J connectivity index is 2.76. The predicted molar refractivity (Wildman–Crippen MR) is 81.1 cm³/mol. The molecule has 6 nitrogen and oxygen atoms in total. The quantitative estimate of drug-likeness (QED) is 0.769. The average Bonchev–Trinajstić information content (AvgIpc) is 2.40. The zero-order valence-electron chi connectivity index (χ0n) is 12.9. The normalized spacial score (nSPS) is 13.2. The molecule has 0 saturated carbocycles. The molecular formula is C15H23N3O3. The molecule has 0 aliphatic heterocycles. The van der Waals surface area contributed by atoms with Crippen molar-refractivity contribution in [2.45, 2.75) is 39.8 Å². The summed E-state index contributed by atoms with van der Waals surface area (Å²) in [4.78, 5) is 23.2. The summed E-state index contributed by atoms with van der Waals surface area (Å²) in [6.07, 6.45) is -0.798. The van der Waals surface area contributed by atoms with E-state index in [1.165, 1.54) is 0 Å². The summed E-state index contributed by atoms with van der Waals surface area (Å²) in [5, 5.41) is 4.70. The lowest BCUT2D eigenvalue weighted by Crippen LogP contribution is -2.45. The van der Waals surface area contributed by atoms with Gasteiger partial charge in [-0.25, -0.2) is 4.79 Å². The Bertz CT molecular complexity index is 515. The maximum absolute atomic E-state index is 11.9. The summed E-state index contributed by atoms with van der Waals surface area (Å²) in [5.41, 5.74) is 7.80. The highest BCUT2D eigenvalue weighted by atomic mass is 16.5. The zero-order valence-corrected chi connectivity index (χ0v) is 12.9. The van der Waals surface area contributed by atoms with Crippen molar-refractivity contribution in [2.24, 2.45) is 5.73 Å². The number of carbonyl (C=O) groups is 2. The van der Waals surface area contributed by atoms with Crippen LogP contribution in [-0.2, 0) is 4.79 Å². The number of imide groups is 1. The molecule has 4 N–H and O–H groups in total. The topological polar surface area (TPSA) is 93.5 Å². The maximum atomic E-state index is 11.9. The van der Waals surface area contributed by atoms with Crippen molar-refractivity contribution in [3.05, 3.63) is 29.3 Å². The first-order valence-electron chi connectivity index (χ1n) is 6.96. The van der Waals surface area contributed by atoms with Gasteiger partial charge in [0.25, 0.3) is 5.91 Å². The van der Waals surface area contributed by atoms with Crippen LogP contribution in [0.5, 0.6) is 5.75 Å². The Morgan fingerprint density at radius 3 is 2.57 bits per heavy atom. The molecule has 0 aromatic heterocycles. The van der Waals surface area contributed by atoms with Crippen LogP contribution in [0.1, 0.15) is 37.9 Å². The van der Waals surface area contributed by atoms with Crippen molar-refractivity contribution in [1.82, 2.24) is 10.6 Å². The molecule has 0 radical (unpaired) electrons. The molecule has 2 atom stereocenters. The molecule has 1 aromatic carbocycles. The van der Waals surface area contributed by atoms with E-state index in [-0.39, 0.29) is 6.04 Å². The van der Waals surface area contributed by atoms with E-state index in [4.69, 9.17) is 10.5 Å². The Morgan fingerprint density at radius 2 is 2.00 bits per heavy atom. The number of amides is 3. The van der Waals surface area contributed by atoms with Gasteiger partial charge >= 0.3 is 6.03 Å². The van der Waals surface area contributed by atoms with Crippen molar-refractivity contribution in [1.29, 1.82) is 0 Å². The Kier molecular flexibility index (Phi) is 6.17. The summed E-state index contributed by atoms with van der Waals surface area (Å²) in [6.45, 7) is 7.60. The van der Waals surface area contributed by atoms with Gasteiger partial charge in [0.15, 0.2) is 6.10 Å². The Morgan fingerprint density at radius 1 is 1.33 bits per heavy atom. The molecule has 0 fully saturated rings. The van der Waals surface area contributed by atoms with Crippen molar-refractivity contribution in [3.63, 3.8) is 0 Å². The van der Waals surface area contributed by atoms with Crippen LogP contribution in [0.15, 0.2) is 18.2 Å². The van der Waals surface area contributed by atoms with E-state index in [0.717, 1.165) is 11.1 Å². The van der Waals surface area contributed by atoms with Crippen LogP contribution in [0, 0.1) is 6.92 Å². The molecular weight excluding hydrogens is 270 g/mol. The molecule has 0 saturated heterocycles. The van der Waals surface area contributed by atoms with Gasteiger partial charge in [0, 0.05) is 18.2 Å². The Hall–Kier alpha value is -2.08. The van der Waals surface area contributed by atoms with Crippen LogP contribution < -0.4 is 21.1 Å². The largest absolute Gasteiger partial charge is 0.481 e. The molecule has 0 aliphatic rings. The van der Waals surface area contributed by atoms with Crippen LogP contribution >= 0.6 is 0 Å². The highest BCUT2D eigenvalue weighted by Gasteiger charge is 2.19. The van der Waals surface area contributed by atoms with Crippen LogP contribution in [0.2, 0.25) is 0 Å². The molecule has 0 bridgehead atoms. The van der Waals surface area contributed by atoms with E-state index in [0.29, 0.717) is 12.3 Å². The first-order valence-corrected chi connectivity index (χ1v) is 6.96. The number of ether oxygens (including phenoxy) is 1. The van der Waals surface area contributed by atoms with E-state index < -0.39 is 18.0 Å². The van der Waals surface area contributed by atoms with E-state index in [2.05, 4.69) is 10.6 Å². The fourth-order valence-electron chi connectivity index (χ4n) is 1.79. The van der Waals surface area contributed by atoms with Gasteiger partial charge in [-0.3, -0.25) is 10.1 Å². The molecule has 21 heavy (non-hydrogen) atoms. The second-order valence-corrected chi connectivity index (χ2v) is 4.94. The number of benzene rings is 1. The second-order valence-electron chi connectivity index (χ2n) is 4.94. The standard InChI is InChI=1S/C15H23N3O3/c1-5-17-15(20)18-14(19)11(4)21-13-7-6-9(2)8-12(13)10(3)16/h6-8,10-11H,5,16H2,1-4H3,(H2,17,18,19,20). The highest BCUT2D eigenvalue weighted by Crippen LogP contribution is 2.25. The van der Waals surface area contributed by atoms with E-state index in [9.17, 15) is 9.59 Å². The number of hydrogen-bond acceptors (Lipinski definition) is 4. The molecule has 6 heteroatoms. The average molecular weight is 293 g/mol. The second kappa shape index (κ2) is 7.64. The first-order chi connectivity index (χ1) is 9.85. The summed E-state index contributed by atoms with van der Waals surface area (Å²) in [6, 6.07) is 4.85. The third-order valence-electron chi connectivity index (χ3n) is 2.90. The van der Waals surface area contributed by atoms with Gasteiger partial charge in [0.05, 0.1) is 0 Å². The van der Waals surface area contributed by atoms with Gasteiger partial charge in [-0.2, -0.15) is 0 Å². The number of hydrogen-bond donors (Lipinski definition) is 3. The maximum Gasteiger partial charge on any atom is 0.321 e. The van der Waals surface area contributed by atoms with E-state index in [1.54, 1.807) is 19.9 Å². The smallest absolute Gasteiger partial charge is 0.321 e. The third kappa shape index (κ3) is 5.07. The van der Waals surface area contributed by atoms with Gasteiger partial charge in [-0.1, -0.05) is 17.7 Å².